The normalized spacial score (nSPS) is 14.3. The monoisotopic (exact) mass is 382 g/mol. The molecule has 3 rings (SSSR count). The van der Waals surface area contributed by atoms with Crippen molar-refractivity contribution in [1.82, 2.24) is 9.97 Å². The van der Waals surface area contributed by atoms with E-state index in [2.05, 4.69) is 32.6 Å². The summed E-state index contributed by atoms with van der Waals surface area (Å²) in [4.78, 5) is 19.5. The number of nitrogens with zero attached hydrogens (tertiary/aromatic N) is 1. The van der Waals surface area contributed by atoms with Gasteiger partial charge >= 0.3 is 0 Å². The van der Waals surface area contributed by atoms with Gasteiger partial charge in [-0.2, -0.15) is 0 Å². The Kier molecular flexibility index (Phi) is 3.78. The van der Waals surface area contributed by atoms with Crippen molar-refractivity contribution in [1.29, 1.82) is 0 Å². The molecular formula is C15H15IN2O2. The Morgan fingerprint density at radius 2 is 2.25 bits per heavy atom. The summed E-state index contributed by atoms with van der Waals surface area (Å²) in [6.45, 7) is 2.57. The minimum Gasteiger partial charge on any atom is -0.494 e. The summed E-state index contributed by atoms with van der Waals surface area (Å²) in [6.07, 6.45) is 2.26. The lowest BCUT2D eigenvalue weighted by atomic mass is 10.2. The molecule has 104 valence electrons. The third-order valence-corrected chi connectivity index (χ3v) is 4.31. The summed E-state index contributed by atoms with van der Waals surface area (Å²) in [5.74, 6) is 1.87. The summed E-state index contributed by atoms with van der Waals surface area (Å²) in [5.41, 5.74) is 1.76. The van der Waals surface area contributed by atoms with E-state index in [-0.39, 0.29) is 5.56 Å². The van der Waals surface area contributed by atoms with Crippen LogP contribution in [0.2, 0.25) is 0 Å². The minimum absolute atomic E-state index is 0.0562. The molecule has 0 radical (unpaired) electrons. The summed E-state index contributed by atoms with van der Waals surface area (Å²) in [7, 11) is 0. The highest BCUT2D eigenvalue weighted by Crippen LogP contribution is 2.40. The number of hydrogen-bond donors (Lipinski definition) is 1. The molecule has 1 aliphatic rings. The van der Waals surface area contributed by atoms with E-state index in [1.54, 1.807) is 0 Å². The van der Waals surface area contributed by atoms with Gasteiger partial charge in [0.15, 0.2) is 0 Å². The van der Waals surface area contributed by atoms with Crippen LogP contribution in [0.4, 0.5) is 0 Å². The van der Waals surface area contributed by atoms with Crippen LogP contribution in [-0.4, -0.2) is 16.6 Å². The van der Waals surface area contributed by atoms with E-state index in [0.29, 0.717) is 18.3 Å². The number of H-pyrrole nitrogens is 1. The number of halogens is 1. The predicted molar refractivity (Wildman–Crippen MR) is 86.2 cm³/mol. The number of aromatic nitrogens is 2. The largest absolute Gasteiger partial charge is 0.494 e. The van der Waals surface area contributed by atoms with Crippen molar-refractivity contribution in [2.75, 3.05) is 6.61 Å². The molecule has 0 unspecified atom stereocenters. The van der Waals surface area contributed by atoms with E-state index >= 15 is 0 Å². The lowest BCUT2D eigenvalue weighted by molar-refractivity contribution is 0.340. The van der Waals surface area contributed by atoms with Gasteiger partial charge in [-0.1, -0.05) is 12.1 Å². The molecule has 1 heterocycles. The van der Waals surface area contributed by atoms with Gasteiger partial charge in [-0.3, -0.25) is 4.79 Å². The number of benzene rings is 1. The molecule has 0 bridgehead atoms. The molecular weight excluding hydrogens is 367 g/mol. The van der Waals surface area contributed by atoms with Crippen molar-refractivity contribution in [3.63, 3.8) is 0 Å². The molecule has 1 fully saturated rings. The van der Waals surface area contributed by atoms with Crippen LogP contribution >= 0.6 is 22.6 Å². The average molecular weight is 382 g/mol. The minimum atomic E-state index is -0.0562. The molecule has 1 saturated carbocycles. The van der Waals surface area contributed by atoms with Gasteiger partial charge in [0.05, 0.1) is 15.9 Å². The SMILES string of the molecule is CCOc1cccc(-c2nc(C3CC3)c(I)c(=O)[nH]2)c1. The van der Waals surface area contributed by atoms with Crippen molar-refractivity contribution in [2.24, 2.45) is 0 Å². The van der Waals surface area contributed by atoms with Crippen LogP contribution in [0.5, 0.6) is 5.75 Å². The Hall–Kier alpha value is -1.37. The second-order valence-electron chi connectivity index (χ2n) is 4.85. The smallest absolute Gasteiger partial charge is 0.264 e. The van der Waals surface area contributed by atoms with E-state index in [4.69, 9.17) is 4.74 Å². The van der Waals surface area contributed by atoms with Crippen LogP contribution in [0.3, 0.4) is 0 Å². The summed E-state index contributed by atoms with van der Waals surface area (Å²) in [5, 5.41) is 0. The Morgan fingerprint density at radius 3 is 2.95 bits per heavy atom. The molecule has 0 spiro atoms. The Balaban J connectivity index is 2.05. The van der Waals surface area contributed by atoms with Crippen LogP contribution in [0.1, 0.15) is 31.4 Å². The molecule has 1 aromatic heterocycles. The Labute approximate surface area is 130 Å². The van der Waals surface area contributed by atoms with E-state index in [1.807, 2.05) is 31.2 Å². The van der Waals surface area contributed by atoms with Gasteiger partial charge in [0.2, 0.25) is 0 Å². The topological polar surface area (TPSA) is 55.0 Å². The Morgan fingerprint density at radius 1 is 1.45 bits per heavy atom. The molecule has 5 heteroatoms. The highest BCUT2D eigenvalue weighted by Gasteiger charge is 2.29. The summed E-state index contributed by atoms with van der Waals surface area (Å²) in [6, 6.07) is 7.66. The first-order chi connectivity index (χ1) is 9.69. The molecule has 0 amide bonds. The molecule has 1 aliphatic carbocycles. The van der Waals surface area contributed by atoms with Crippen LogP contribution in [-0.2, 0) is 0 Å². The Bertz CT molecular complexity index is 693. The quantitative estimate of drug-likeness (QED) is 0.826. The average Bonchev–Trinajstić information content (AvgIpc) is 3.27. The number of hydrogen-bond acceptors (Lipinski definition) is 3. The molecule has 4 nitrogen and oxygen atoms in total. The van der Waals surface area contributed by atoms with E-state index in [9.17, 15) is 4.79 Å². The number of aromatic amines is 1. The molecule has 0 aliphatic heterocycles. The standard InChI is InChI=1S/C15H15IN2O2/c1-2-20-11-5-3-4-10(8-11)14-17-13(9-6-7-9)12(16)15(19)18-14/h3-5,8-9H,2,6-7H2,1H3,(H,17,18,19). The van der Waals surface area contributed by atoms with E-state index in [1.165, 1.54) is 0 Å². The fraction of sp³-hybridized carbons (Fsp3) is 0.333. The second kappa shape index (κ2) is 5.55. The summed E-state index contributed by atoms with van der Waals surface area (Å²) >= 11 is 2.09. The third-order valence-electron chi connectivity index (χ3n) is 3.27. The van der Waals surface area contributed by atoms with Gasteiger partial charge in [-0.05, 0) is 54.5 Å². The van der Waals surface area contributed by atoms with Crippen LogP contribution in [0.15, 0.2) is 29.1 Å². The first-order valence-electron chi connectivity index (χ1n) is 6.72. The highest BCUT2D eigenvalue weighted by molar-refractivity contribution is 14.1. The van der Waals surface area contributed by atoms with Crippen molar-refractivity contribution >= 4 is 22.6 Å². The molecule has 0 atom stereocenters. The number of nitrogens with one attached hydrogen (secondary N) is 1. The van der Waals surface area contributed by atoms with Crippen molar-refractivity contribution in [2.45, 2.75) is 25.7 Å². The van der Waals surface area contributed by atoms with Crippen LogP contribution in [0.25, 0.3) is 11.4 Å². The first kappa shape index (κ1) is 13.6. The van der Waals surface area contributed by atoms with Gasteiger partial charge in [0.25, 0.3) is 5.56 Å². The van der Waals surface area contributed by atoms with E-state index in [0.717, 1.165) is 33.4 Å². The zero-order chi connectivity index (χ0) is 14.1. The zero-order valence-electron chi connectivity index (χ0n) is 11.1. The lowest BCUT2D eigenvalue weighted by Crippen LogP contribution is -2.16. The van der Waals surface area contributed by atoms with Gasteiger partial charge in [-0.15, -0.1) is 0 Å². The van der Waals surface area contributed by atoms with Crippen molar-refractivity contribution in [3.05, 3.63) is 43.9 Å². The number of rotatable bonds is 4. The van der Waals surface area contributed by atoms with Gasteiger partial charge in [-0.25, -0.2) is 4.98 Å². The van der Waals surface area contributed by atoms with Crippen LogP contribution in [0, 0.1) is 3.57 Å². The van der Waals surface area contributed by atoms with Gasteiger partial charge in [0, 0.05) is 11.5 Å². The zero-order valence-corrected chi connectivity index (χ0v) is 13.3. The fourth-order valence-electron chi connectivity index (χ4n) is 2.14. The lowest BCUT2D eigenvalue weighted by Gasteiger charge is -2.08. The third kappa shape index (κ3) is 2.72. The van der Waals surface area contributed by atoms with Crippen molar-refractivity contribution in [3.8, 4) is 17.1 Å². The van der Waals surface area contributed by atoms with Gasteiger partial charge < -0.3 is 9.72 Å². The maximum absolute atomic E-state index is 12.0. The molecule has 2 aromatic rings. The van der Waals surface area contributed by atoms with Crippen molar-refractivity contribution < 1.29 is 4.74 Å². The fourth-order valence-corrected chi connectivity index (χ4v) is 2.84. The first-order valence-corrected chi connectivity index (χ1v) is 7.80. The second-order valence-corrected chi connectivity index (χ2v) is 5.93. The highest BCUT2D eigenvalue weighted by atomic mass is 127. The molecule has 1 aromatic carbocycles. The van der Waals surface area contributed by atoms with Gasteiger partial charge in [0.1, 0.15) is 11.6 Å². The molecule has 0 saturated heterocycles. The maximum Gasteiger partial charge on any atom is 0.264 e. The predicted octanol–water partition coefficient (Wildman–Crippen LogP) is 3.32. The molecule has 20 heavy (non-hydrogen) atoms. The summed E-state index contributed by atoms with van der Waals surface area (Å²) < 4.78 is 6.21. The molecule has 1 N–H and O–H groups in total. The van der Waals surface area contributed by atoms with Crippen LogP contribution < -0.4 is 10.3 Å². The number of ether oxygens (including phenoxy) is 1. The maximum atomic E-state index is 12.0. The van der Waals surface area contributed by atoms with E-state index < -0.39 is 0 Å².